The summed E-state index contributed by atoms with van der Waals surface area (Å²) in [4.78, 5) is 12.7. The summed E-state index contributed by atoms with van der Waals surface area (Å²) in [6.07, 6.45) is 8.91. The molecule has 4 aliphatic carbocycles. The molecule has 1 aliphatic heterocycles. The van der Waals surface area contributed by atoms with E-state index in [0.717, 1.165) is 37.3 Å². The first-order valence-electron chi connectivity index (χ1n) is 7.75. The molecule has 5 aliphatic rings. The number of carbonyl (C=O) groups excluding carboxylic acids is 1. The van der Waals surface area contributed by atoms with E-state index in [1.807, 2.05) is 0 Å². The van der Waals surface area contributed by atoms with Crippen LogP contribution in [0.5, 0.6) is 0 Å². The maximum absolute atomic E-state index is 12.7. The van der Waals surface area contributed by atoms with Gasteiger partial charge in [-0.1, -0.05) is 0 Å². The van der Waals surface area contributed by atoms with Gasteiger partial charge in [-0.2, -0.15) is 0 Å². The van der Waals surface area contributed by atoms with E-state index in [1.165, 1.54) is 38.5 Å². The summed E-state index contributed by atoms with van der Waals surface area (Å²) in [5.74, 6) is 2.99. The third-order valence-electron chi connectivity index (χ3n) is 5.92. The van der Waals surface area contributed by atoms with Gasteiger partial charge in [0.2, 0.25) is 5.91 Å². The first-order chi connectivity index (χ1) is 8.73. The van der Waals surface area contributed by atoms with Crippen molar-refractivity contribution in [2.75, 3.05) is 13.1 Å². The lowest BCUT2D eigenvalue weighted by Crippen LogP contribution is -2.55. The number of amides is 1. The zero-order chi connectivity index (χ0) is 12.2. The smallest absolute Gasteiger partial charge is 0.226 e. The molecule has 1 heterocycles. The summed E-state index contributed by atoms with van der Waals surface area (Å²) >= 11 is 0. The van der Waals surface area contributed by atoms with Crippen molar-refractivity contribution in [1.82, 2.24) is 10.6 Å². The van der Waals surface area contributed by atoms with Gasteiger partial charge in [0.15, 0.2) is 0 Å². The van der Waals surface area contributed by atoms with E-state index in [4.69, 9.17) is 0 Å². The van der Waals surface area contributed by atoms with Crippen molar-refractivity contribution in [3.63, 3.8) is 0 Å². The zero-order valence-electron chi connectivity index (χ0n) is 11.5. The lowest BCUT2D eigenvalue weighted by atomic mass is 9.49. The normalized spacial score (nSPS) is 46.9. The number of rotatable bonds is 2. The molecule has 2 N–H and O–H groups in total. The van der Waals surface area contributed by atoms with Gasteiger partial charge in [0.1, 0.15) is 0 Å². The third kappa shape index (κ3) is 2.29. The molecule has 0 aromatic rings. The molecule has 19 heavy (non-hydrogen) atoms. The molecule has 1 saturated heterocycles. The van der Waals surface area contributed by atoms with Crippen LogP contribution in [-0.2, 0) is 4.79 Å². The van der Waals surface area contributed by atoms with Crippen molar-refractivity contribution >= 4 is 18.3 Å². The van der Waals surface area contributed by atoms with E-state index >= 15 is 0 Å². The molecule has 1 amide bonds. The second kappa shape index (κ2) is 4.92. The number of hydrogen-bond acceptors (Lipinski definition) is 2. The minimum Gasteiger partial charge on any atom is -0.352 e. The molecule has 4 bridgehead atoms. The van der Waals surface area contributed by atoms with Crippen LogP contribution >= 0.6 is 12.4 Å². The summed E-state index contributed by atoms with van der Waals surface area (Å²) < 4.78 is 0. The highest BCUT2D eigenvalue weighted by atomic mass is 35.5. The van der Waals surface area contributed by atoms with Crippen LogP contribution in [0.2, 0.25) is 0 Å². The summed E-state index contributed by atoms with van der Waals surface area (Å²) in [5, 5.41) is 6.67. The molecule has 0 spiro atoms. The van der Waals surface area contributed by atoms with Gasteiger partial charge >= 0.3 is 0 Å². The lowest BCUT2D eigenvalue weighted by molar-refractivity contribution is -0.146. The number of halogens is 1. The number of hydrogen-bond donors (Lipinski definition) is 2. The standard InChI is InChI=1S/C15H24N2O.ClH/c18-14(17-13-1-2-16-9-13)15-6-10-3-11(7-15)5-12(4-10)8-15;/h10-13,16H,1-9H2,(H,17,18);1H. The maximum atomic E-state index is 12.7. The summed E-state index contributed by atoms with van der Waals surface area (Å²) in [7, 11) is 0. The van der Waals surface area contributed by atoms with E-state index in [0.29, 0.717) is 11.9 Å². The lowest BCUT2D eigenvalue weighted by Gasteiger charge is -2.55. The minimum atomic E-state index is 0. The fourth-order valence-electron chi connectivity index (χ4n) is 5.51. The van der Waals surface area contributed by atoms with Crippen LogP contribution < -0.4 is 10.6 Å². The van der Waals surface area contributed by atoms with Gasteiger partial charge in [0.25, 0.3) is 0 Å². The molecule has 4 heteroatoms. The molecule has 1 unspecified atom stereocenters. The Morgan fingerprint density at radius 2 is 1.63 bits per heavy atom. The first kappa shape index (κ1) is 13.7. The molecule has 1 atom stereocenters. The van der Waals surface area contributed by atoms with E-state index < -0.39 is 0 Å². The van der Waals surface area contributed by atoms with Crippen molar-refractivity contribution in [2.24, 2.45) is 23.2 Å². The summed E-state index contributed by atoms with van der Waals surface area (Å²) in [6, 6.07) is 0.394. The number of nitrogens with one attached hydrogen (secondary N) is 2. The molecule has 0 radical (unpaired) electrons. The highest BCUT2D eigenvalue weighted by Crippen LogP contribution is 2.60. The predicted molar refractivity (Wildman–Crippen MR) is 77.3 cm³/mol. The minimum absolute atomic E-state index is 0. The van der Waals surface area contributed by atoms with E-state index in [9.17, 15) is 4.79 Å². The fourth-order valence-corrected chi connectivity index (χ4v) is 5.51. The Bertz CT molecular complexity index is 330. The second-order valence-electron chi connectivity index (χ2n) is 7.36. The van der Waals surface area contributed by atoms with Crippen LogP contribution in [0.4, 0.5) is 0 Å². The second-order valence-corrected chi connectivity index (χ2v) is 7.36. The van der Waals surface area contributed by atoms with Gasteiger partial charge in [-0.25, -0.2) is 0 Å². The molecule has 5 fully saturated rings. The Hall–Kier alpha value is -0.280. The van der Waals surface area contributed by atoms with Crippen LogP contribution in [0.25, 0.3) is 0 Å². The fraction of sp³-hybridized carbons (Fsp3) is 0.933. The third-order valence-corrected chi connectivity index (χ3v) is 5.92. The molecule has 108 valence electrons. The molecular formula is C15H25ClN2O. The van der Waals surface area contributed by atoms with Gasteiger partial charge in [0.05, 0.1) is 0 Å². The Morgan fingerprint density at radius 1 is 1.05 bits per heavy atom. The van der Waals surface area contributed by atoms with Crippen LogP contribution in [0, 0.1) is 23.2 Å². The van der Waals surface area contributed by atoms with Gasteiger partial charge < -0.3 is 10.6 Å². The van der Waals surface area contributed by atoms with Crippen LogP contribution in [0.15, 0.2) is 0 Å². The van der Waals surface area contributed by atoms with Gasteiger partial charge in [-0.3, -0.25) is 4.79 Å². The largest absolute Gasteiger partial charge is 0.352 e. The van der Waals surface area contributed by atoms with E-state index in [2.05, 4.69) is 10.6 Å². The van der Waals surface area contributed by atoms with Crippen molar-refractivity contribution in [2.45, 2.75) is 51.0 Å². The first-order valence-corrected chi connectivity index (χ1v) is 7.75. The highest BCUT2D eigenvalue weighted by Gasteiger charge is 2.54. The number of carbonyl (C=O) groups is 1. The van der Waals surface area contributed by atoms with Crippen LogP contribution in [0.3, 0.4) is 0 Å². The Labute approximate surface area is 121 Å². The van der Waals surface area contributed by atoms with Crippen LogP contribution in [0.1, 0.15) is 44.9 Å². The quantitative estimate of drug-likeness (QED) is 0.815. The van der Waals surface area contributed by atoms with Crippen molar-refractivity contribution in [3.05, 3.63) is 0 Å². The van der Waals surface area contributed by atoms with Gasteiger partial charge in [-0.05, 0) is 69.2 Å². The van der Waals surface area contributed by atoms with Gasteiger partial charge in [0, 0.05) is 18.0 Å². The average Bonchev–Trinajstić information content (AvgIpc) is 2.79. The van der Waals surface area contributed by atoms with Crippen molar-refractivity contribution in [1.29, 1.82) is 0 Å². The average molecular weight is 285 g/mol. The molecule has 4 saturated carbocycles. The topological polar surface area (TPSA) is 41.1 Å². The molecule has 5 rings (SSSR count). The van der Waals surface area contributed by atoms with E-state index in [1.54, 1.807) is 0 Å². The Morgan fingerprint density at radius 3 is 2.11 bits per heavy atom. The van der Waals surface area contributed by atoms with Crippen molar-refractivity contribution < 1.29 is 4.79 Å². The van der Waals surface area contributed by atoms with Crippen LogP contribution in [-0.4, -0.2) is 25.0 Å². The highest BCUT2D eigenvalue weighted by molar-refractivity contribution is 5.85. The monoisotopic (exact) mass is 284 g/mol. The molecule has 3 nitrogen and oxygen atoms in total. The summed E-state index contributed by atoms with van der Waals surface area (Å²) in [5.41, 5.74) is 0.0390. The zero-order valence-corrected chi connectivity index (χ0v) is 12.3. The Kier molecular flexibility index (Phi) is 3.55. The Balaban J connectivity index is 0.00000110. The molecular weight excluding hydrogens is 260 g/mol. The van der Waals surface area contributed by atoms with E-state index in [-0.39, 0.29) is 17.8 Å². The van der Waals surface area contributed by atoms with Gasteiger partial charge in [-0.15, -0.1) is 12.4 Å². The molecule has 0 aromatic heterocycles. The maximum Gasteiger partial charge on any atom is 0.226 e. The summed E-state index contributed by atoms with van der Waals surface area (Å²) in [6.45, 7) is 2.03. The molecule has 0 aromatic carbocycles. The van der Waals surface area contributed by atoms with Crippen molar-refractivity contribution in [3.8, 4) is 0 Å². The SMILES string of the molecule is Cl.O=C(NC1CCNC1)C12CC3CC(CC(C3)C1)C2. The predicted octanol–water partition coefficient (Wildman–Crippen LogP) is 2.10.